The molecule has 3 aromatic rings. The molecule has 1 heterocycles. The van der Waals surface area contributed by atoms with Crippen LogP contribution in [-0.4, -0.2) is 26.8 Å². The highest BCUT2D eigenvalue weighted by molar-refractivity contribution is 6.31. The second kappa shape index (κ2) is 9.04. The Hall–Kier alpha value is -3.33. The lowest BCUT2D eigenvalue weighted by molar-refractivity contribution is -0.137. The molecule has 168 valence electrons. The Morgan fingerprint density at radius 3 is 2.38 bits per heavy atom. The number of hydrogen-bond donors (Lipinski definition) is 2. The zero-order valence-corrected chi connectivity index (χ0v) is 17.9. The van der Waals surface area contributed by atoms with E-state index >= 15 is 0 Å². The summed E-state index contributed by atoms with van der Waals surface area (Å²) in [5, 5.41) is 15.4. The van der Waals surface area contributed by atoms with Crippen molar-refractivity contribution in [1.82, 2.24) is 9.78 Å². The van der Waals surface area contributed by atoms with Gasteiger partial charge in [0.25, 0.3) is 5.91 Å². The molecular weight excluding hydrogens is 447 g/mol. The van der Waals surface area contributed by atoms with Crippen molar-refractivity contribution in [3.8, 4) is 0 Å². The molecule has 0 radical (unpaired) electrons. The number of halogens is 4. The molecule has 10 heteroatoms. The second-order valence-electron chi connectivity index (χ2n) is 7.22. The molecule has 1 aromatic heterocycles. The molecule has 2 aromatic carbocycles. The number of carbonyl (C=O) groups excluding carboxylic acids is 1. The van der Waals surface area contributed by atoms with Crippen molar-refractivity contribution in [2.75, 3.05) is 5.32 Å². The molecule has 0 saturated heterocycles. The van der Waals surface area contributed by atoms with Crippen LogP contribution in [0, 0.1) is 13.8 Å². The number of carbonyl (C=O) groups is 2. The Morgan fingerprint density at radius 2 is 1.78 bits per heavy atom. The fourth-order valence-electron chi connectivity index (χ4n) is 3.25. The molecule has 2 N–H and O–H groups in total. The number of benzene rings is 2. The van der Waals surface area contributed by atoms with Gasteiger partial charge in [-0.1, -0.05) is 23.7 Å². The van der Waals surface area contributed by atoms with Gasteiger partial charge in [-0.05, 0) is 49.7 Å². The lowest BCUT2D eigenvalue weighted by Crippen LogP contribution is -2.13. The van der Waals surface area contributed by atoms with E-state index in [0.717, 1.165) is 23.4 Å². The summed E-state index contributed by atoms with van der Waals surface area (Å²) in [4.78, 5) is 23.5. The molecule has 0 spiro atoms. The quantitative estimate of drug-likeness (QED) is 0.530. The van der Waals surface area contributed by atoms with Gasteiger partial charge in [-0.2, -0.15) is 18.3 Å². The van der Waals surface area contributed by atoms with E-state index in [4.69, 9.17) is 16.7 Å². The number of aromatic nitrogens is 2. The van der Waals surface area contributed by atoms with Crippen LogP contribution < -0.4 is 5.32 Å². The van der Waals surface area contributed by atoms with Crippen molar-refractivity contribution >= 4 is 29.2 Å². The van der Waals surface area contributed by atoms with Crippen molar-refractivity contribution in [3.05, 3.63) is 81.1 Å². The molecule has 3 rings (SSSR count). The third-order valence-corrected chi connectivity index (χ3v) is 5.27. The number of carboxylic acids is 1. The predicted molar refractivity (Wildman–Crippen MR) is 113 cm³/mol. The van der Waals surface area contributed by atoms with Crippen LogP contribution >= 0.6 is 11.6 Å². The molecule has 0 saturated carbocycles. The summed E-state index contributed by atoms with van der Waals surface area (Å²) in [5.74, 6) is -1.50. The minimum atomic E-state index is -4.63. The van der Waals surface area contributed by atoms with Gasteiger partial charge in [0.05, 0.1) is 29.2 Å². The van der Waals surface area contributed by atoms with Gasteiger partial charge in [0.15, 0.2) is 0 Å². The zero-order valence-electron chi connectivity index (χ0n) is 17.1. The summed E-state index contributed by atoms with van der Waals surface area (Å²) in [6.07, 6.45) is -4.75. The summed E-state index contributed by atoms with van der Waals surface area (Å²) in [5.41, 5.74) is 2.08. The van der Waals surface area contributed by atoms with E-state index in [9.17, 15) is 22.8 Å². The summed E-state index contributed by atoms with van der Waals surface area (Å²) >= 11 is 5.60. The molecule has 6 nitrogen and oxygen atoms in total. The molecule has 0 aliphatic rings. The fourth-order valence-corrected chi connectivity index (χ4v) is 3.48. The number of amides is 1. The second-order valence-corrected chi connectivity index (χ2v) is 7.63. The van der Waals surface area contributed by atoms with Gasteiger partial charge in [-0.15, -0.1) is 0 Å². The molecule has 0 bridgehead atoms. The molecule has 1 amide bonds. The van der Waals surface area contributed by atoms with Crippen molar-refractivity contribution in [3.63, 3.8) is 0 Å². The van der Waals surface area contributed by atoms with Gasteiger partial charge < -0.3 is 10.4 Å². The number of aryl methyl sites for hydroxylation is 1. The number of anilines is 1. The van der Waals surface area contributed by atoms with E-state index in [1.165, 1.54) is 6.07 Å². The SMILES string of the molecule is Cc1nn(Cc2ccc(C(=O)Nc3ccc(Cl)c(C(F)(F)F)c3)cc2)c(C)c1CC(=O)O. The third-order valence-electron chi connectivity index (χ3n) is 4.94. The topological polar surface area (TPSA) is 84.2 Å². The first kappa shape index (κ1) is 23.3. The Balaban J connectivity index is 1.73. The normalized spacial score (nSPS) is 11.4. The highest BCUT2D eigenvalue weighted by atomic mass is 35.5. The van der Waals surface area contributed by atoms with Gasteiger partial charge in [0.1, 0.15) is 0 Å². The van der Waals surface area contributed by atoms with E-state index in [-0.39, 0.29) is 17.7 Å². The highest BCUT2D eigenvalue weighted by Gasteiger charge is 2.33. The van der Waals surface area contributed by atoms with Crippen molar-refractivity contribution in [1.29, 1.82) is 0 Å². The Morgan fingerprint density at radius 1 is 1.12 bits per heavy atom. The van der Waals surface area contributed by atoms with E-state index in [0.29, 0.717) is 17.8 Å². The van der Waals surface area contributed by atoms with Crippen molar-refractivity contribution < 1.29 is 27.9 Å². The Kier molecular flexibility index (Phi) is 6.59. The Bertz CT molecular complexity index is 1170. The minimum Gasteiger partial charge on any atom is -0.481 e. The van der Waals surface area contributed by atoms with E-state index in [1.807, 2.05) is 0 Å². The van der Waals surface area contributed by atoms with E-state index in [2.05, 4.69) is 10.4 Å². The molecule has 0 fully saturated rings. The maximum absolute atomic E-state index is 13.0. The van der Waals surface area contributed by atoms with Gasteiger partial charge in [0, 0.05) is 22.5 Å². The number of aliphatic carboxylic acids is 1. The van der Waals surface area contributed by atoms with E-state index < -0.39 is 28.6 Å². The minimum absolute atomic E-state index is 0.0237. The number of nitrogens with one attached hydrogen (secondary N) is 1. The fraction of sp³-hybridized carbons (Fsp3) is 0.227. The van der Waals surface area contributed by atoms with Crippen LogP contribution in [0.4, 0.5) is 18.9 Å². The van der Waals surface area contributed by atoms with Crippen LogP contribution in [0.15, 0.2) is 42.5 Å². The number of rotatable bonds is 6. The van der Waals surface area contributed by atoms with Gasteiger partial charge in [-0.3, -0.25) is 14.3 Å². The number of hydrogen-bond acceptors (Lipinski definition) is 3. The highest BCUT2D eigenvalue weighted by Crippen LogP contribution is 2.36. The molecule has 0 atom stereocenters. The third kappa shape index (κ3) is 5.28. The zero-order chi connectivity index (χ0) is 23.6. The number of carboxylic acid groups (broad SMARTS) is 1. The summed E-state index contributed by atoms with van der Waals surface area (Å²) in [6.45, 7) is 3.91. The van der Waals surface area contributed by atoms with Crippen LogP contribution in [-0.2, 0) is 23.9 Å². The predicted octanol–water partition coefficient (Wildman–Crippen LogP) is 5.10. The lowest BCUT2D eigenvalue weighted by atomic mass is 10.1. The molecule has 0 unspecified atom stereocenters. The smallest absolute Gasteiger partial charge is 0.417 e. The summed E-state index contributed by atoms with van der Waals surface area (Å²) in [7, 11) is 0. The maximum atomic E-state index is 13.0. The lowest BCUT2D eigenvalue weighted by Gasteiger charge is -2.12. The Labute approximate surface area is 186 Å². The average Bonchev–Trinajstić information content (AvgIpc) is 2.96. The van der Waals surface area contributed by atoms with Gasteiger partial charge in [0.2, 0.25) is 0 Å². The van der Waals surface area contributed by atoms with Crippen molar-refractivity contribution in [2.45, 2.75) is 33.0 Å². The maximum Gasteiger partial charge on any atom is 0.417 e. The van der Waals surface area contributed by atoms with Crippen LogP contribution in [0.5, 0.6) is 0 Å². The first-order valence-electron chi connectivity index (χ1n) is 9.47. The van der Waals surface area contributed by atoms with Gasteiger partial charge >= 0.3 is 12.1 Å². The molecule has 0 aliphatic heterocycles. The standard InChI is InChI=1S/C22H19ClF3N3O3/c1-12-17(10-20(30)31)13(2)29(28-12)11-14-3-5-15(6-4-14)21(32)27-16-7-8-19(23)18(9-16)22(24,25)26/h3-9H,10-11H2,1-2H3,(H,27,32)(H,30,31). The van der Waals surface area contributed by atoms with E-state index in [1.54, 1.807) is 42.8 Å². The first-order valence-corrected chi connectivity index (χ1v) is 9.85. The largest absolute Gasteiger partial charge is 0.481 e. The molecule has 32 heavy (non-hydrogen) atoms. The van der Waals surface area contributed by atoms with Crippen LogP contribution in [0.1, 0.15) is 38.4 Å². The molecule has 0 aliphatic carbocycles. The van der Waals surface area contributed by atoms with Gasteiger partial charge in [-0.25, -0.2) is 0 Å². The van der Waals surface area contributed by atoms with Crippen molar-refractivity contribution in [2.24, 2.45) is 0 Å². The first-order chi connectivity index (χ1) is 15.0. The number of nitrogens with zero attached hydrogens (tertiary/aromatic N) is 2. The van der Waals surface area contributed by atoms with Crippen LogP contribution in [0.2, 0.25) is 5.02 Å². The average molecular weight is 466 g/mol. The monoisotopic (exact) mass is 465 g/mol. The molecular formula is C22H19ClF3N3O3. The summed E-state index contributed by atoms with van der Waals surface area (Å²) < 4.78 is 40.7. The number of alkyl halides is 3. The summed E-state index contributed by atoms with van der Waals surface area (Å²) in [6, 6.07) is 9.66. The van der Waals surface area contributed by atoms with Crippen LogP contribution in [0.25, 0.3) is 0 Å². The van der Waals surface area contributed by atoms with Crippen LogP contribution in [0.3, 0.4) is 0 Å².